The molecule has 0 aliphatic carbocycles. The number of hydrogen-bond donors (Lipinski definition) is 1. The molecule has 0 aliphatic heterocycles. The zero-order chi connectivity index (χ0) is 11.4. The molecule has 1 N–H and O–H groups in total. The quantitative estimate of drug-likeness (QED) is 0.807. The molecule has 0 aliphatic rings. The van der Waals surface area contributed by atoms with Crippen molar-refractivity contribution in [2.24, 2.45) is 0 Å². The van der Waals surface area contributed by atoms with Gasteiger partial charge in [-0.2, -0.15) is 0 Å². The van der Waals surface area contributed by atoms with Gasteiger partial charge in [0.25, 0.3) is 0 Å². The summed E-state index contributed by atoms with van der Waals surface area (Å²) in [6.45, 7) is 2.16. The molecule has 16 heavy (non-hydrogen) atoms. The molecule has 84 valence electrons. The van der Waals surface area contributed by atoms with Crippen LogP contribution in [0.2, 0.25) is 0 Å². The van der Waals surface area contributed by atoms with E-state index >= 15 is 0 Å². The van der Waals surface area contributed by atoms with E-state index in [-0.39, 0.29) is 0 Å². The number of nitrogens with one attached hydrogen (secondary N) is 1. The lowest BCUT2D eigenvalue weighted by Gasteiger charge is -1.99. The van der Waals surface area contributed by atoms with Crippen molar-refractivity contribution in [2.45, 2.75) is 19.8 Å². The summed E-state index contributed by atoms with van der Waals surface area (Å²) in [4.78, 5) is 7.56. The molecule has 0 bridgehead atoms. The average molecular weight is 235 g/mol. The largest absolute Gasteiger partial charge is 0.342 e. The number of benzene rings is 1. The van der Waals surface area contributed by atoms with E-state index in [1.54, 1.807) is 0 Å². The van der Waals surface area contributed by atoms with Gasteiger partial charge in [0.1, 0.15) is 5.82 Å². The third kappa shape index (κ3) is 2.45. The van der Waals surface area contributed by atoms with Crippen LogP contribution in [0.1, 0.15) is 18.3 Å². The van der Waals surface area contributed by atoms with Crippen LogP contribution in [0.3, 0.4) is 0 Å². The number of rotatable bonds is 4. The first kappa shape index (κ1) is 11.2. The molecule has 2 rings (SSSR count). The first-order chi connectivity index (χ1) is 7.83. The number of alkyl halides is 1. The van der Waals surface area contributed by atoms with Gasteiger partial charge in [0, 0.05) is 12.3 Å². The van der Waals surface area contributed by atoms with Crippen molar-refractivity contribution in [2.75, 3.05) is 5.88 Å². The number of aromatic amines is 1. The highest BCUT2D eigenvalue weighted by Crippen LogP contribution is 2.18. The summed E-state index contributed by atoms with van der Waals surface area (Å²) >= 11 is 5.67. The van der Waals surface area contributed by atoms with Gasteiger partial charge in [-0.25, -0.2) is 4.98 Å². The van der Waals surface area contributed by atoms with Gasteiger partial charge in [0.2, 0.25) is 0 Å². The summed E-state index contributed by atoms with van der Waals surface area (Å²) in [6.07, 6.45) is 3.72. The van der Waals surface area contributed by atoms with Gasteiger partial charge in [-0.15, -0.1) is 11.6 Å². The van der Waals surface area contributed by atoms with Crippen molar-refractivity contribution < 1.29 is 0 Å². The van der Waals surface area contributed by atoms with E-state index in [0.29, 0.717) is 5.88 Å². The number of H-pyrrole nitrogens is 1. The third-order valence-electron chi connectivity index (χ3n) is 2.63. The van der Waals surface area contributed by atoms with Crippen LogP contribution in [0.4, 0.5) is 0 Å². The van der Waals surface area contributed by atoms with Crippen LogP contribution in [0.5, 0.6) is 0 Å². The molecular weight excluding hydrogens is 220 g/mol. The maximum Gasteiger partial charge on any atom is 0.107 e. The lowest BCUT2D eigenvalue weighted by Crippen LogP contribution is -1.88. The molecule has 0 spiro atoms. The van der Waals surface area contributed by atoms with Gasteiger partial charge in [0.15, 0.2) is 0 Å². The normalized spacial score (nSPS) is 10.6. The van der Waals surface area contributed by atoms with E-state index in [4.69, 9.17) is 11.6 Å². The van der Waals surface area contributed by atoms with Crippen molar-refractivity contribution in [3.63, 3.8) is 0 Å². The molecule has 1 aromatic heterocycles. The van der Waals surface area contributed by atoms with Gasteiger partial charge in [-0.1, -0.05) is 31.2 Å². The summed E-state index contributed by atoms with van der Waals surface area (Å²) in [7, 11) is 0. The molecule has 1 heterocycles. The Balaban J connectivity index is 2.21. The average Bonchev–Trinajstić information content (AvgIpc) is 2.78. The van der Waals surface area contributed by atoms with Crippen LogP contribution in [0, 0.1) is 0 Å². The van der Waals surface area contributed by atoms with Crippen LogP contribution in [-0.2, 0) is 12.8 Å². The van der Waals surface area contributed by atoms with Gasteiger partial charge in [-0.3, -0.25) is 0 Å². The van der Waals surface area contributed by atoms with E-state index in [1.165, 1.54) is 11.1 Å². The van der Waals surface area contributed by atoms with Crippen molar-refractivity contribution in [1.82, 2.24) is 9.97 Å². The Kier molecular flexibility index (Phi) is 3.62. The van der Waals surface area contributed by atoms with E-state index in [2.05, 4.69) is 41.2 Å². The molecular formula is C13H15ClN2. The minimum Gasteiger partial charge on any atom is -0.342 e. The molecule has 2 aromatic rings. The second-order valence-corrected chi connectivity index (χ2v) is 4.11. The highest BCUT2D eigenvalue weighted by atomic mass is 35.5. The van der Waals surface area contributed by atoms with E-state index in [9.17, 15) is 0 Å². The van der Waals surface area contributed by atoms with E-state index < -0.39 is 0 Å². The van der Waals surface area contributed by atoms with E-state index in [1.807, 2.05) is 6.20 Å². The van der Waals surface area contributed by atoms with Crippen LogP contribution < -0.4 is 0 Å². The smallest absolute Gasteiger partial charge is 0.107 e. The molecule has 2 nitrogen and oxygen atoms in total. The topological polar surface area (TPSA) is 28.7 Å². The number of nitrogens with zero attached hydrogens (tertiary/aromatic N) is 1. The first-order valence-corrected chi connectivity index (χ1v) is 6.06. The molecule has 0 radical (unpaired) electrons. The highest BCUT2D eigenvalue weighted by Gasteiger charge is 2.02. The number of imidazole rings is 1. The van der Waals surface area contributed by atoms with Crippen LogP contribution in [-0.4, -0.2) is 15.8 Å². The number of halogens is 1. The lowest BCUT2D eigenvalue weighted by molar-refractivity contribution is 0.997. The van der Waals surface area contributed by atoms with Crippen molar-refractivity contribution in [1.29, 1.82) is 0 Å². The number of aromatic nitrogens is 2. The Morgan fingerprint density at radius 2 is 2.00 bits per heavy atom. The van der Waals surface area contributed by atoms with Crippen molar-refractivity contribution in [3.05, 3.63) is 41.9 Å². The fraction of sp³-hybridized carbons (Fsp3) is 0.308. The summed E-state index contributed by atoms with van der Waals surface area (Å²) < 4.78 is 0. The zero-order valence-electron chi connectivity index (χ0n) is 9.33. The fourth-order valence-corrected chi connectivity index (χ4v) is 1.82. The molecule has 0 saturated carbocycles. The Labute approximate surface area is 101 Å². The second kappa shape index (κ2) is 5.17. The van der Waals surface area contributed by atoms with Crippen molar-refractivity contribution in [3.8, 4) is 11.3 Å². The second-order valence-electron chi connectivity index (χ2n) is 3.73. The lowest BCUT2D eigenvalue weighted by atomic mass is 10.1. The molecule has 0 atom stereocenters. The van der Waals surface area contributed by atoms with Gasteiger partial charge >= 0.3 is 0 Å². The Hall–Kier alpha value is -1.28. The molecule has 0 saturated heterocycles. The maximum absolute atomic E-state index is 5.67. The SMILES string of the molecule is CCc1ccc(-c2cnc(CCCl)[nH]2)cc1. The predicted molar refractivity (Wildman–Crippen MR) is 67.8 cm³/mol. The first-order valence-electron chi connectivity index (χ1n) is 5.52. The Bertz CT molecular complexity index is 445. The molecule has 0 unspecified atom stereocenters. The molecule has 0 fully saturated rings. The van der Waals surface area contributed by atoms with Gasteiger partial charge < -0.3 is 4.98 Å². The summed E-state index contributed by atoms with van der Waals surface area (Å²) in [6, 6.07) is 8.54. The predicted octanol–water partition coefficient (Wildman–Crippen LogP) is 3.42. The number of aryl methyl sites for hydroxylation is 2. The molecule has 0 amide bonds. The highest BCUT2D eigenvalue weighted by molar-refractivity contribution is 6.17. The Morgan fingerprint density at radius 3 is 2.62 bits per heavy atom. The van der Waals surface area contributed by atoms with E-state index in [0.717, 1.165) is 24.4 Å². The van der Waals surface area contributed by atoms with Crippen molar-refractivity contribution >= 4 is 11.6 Å². The summed E-state index contributed by atoms with van der Waals surface area (Å²) in [5.74, 6) is 1.55. The standard InChI is InChI=1S/C13H15ClN2/c1-2-10-3-5-11(6-4-10)12-9-15-13(16-12)7-8-14/h3-6,9H,2,7-8H2,1H3,(H,15,16). The zero-order valence-corrected chi connectivity index (χ0v) is 10.1. The summed E-state index contributed by atoms with van der Waals surface area (Å²) in [5.41, 5.74) is 3.58. The van der Waals surface area contributed by atoms with Gasteiger partial charge in [-0.05, 0) is 17.5 Å². The minimum atomic E-state index is 0.599. The molecule has 3 heteroatoms. The maximum atomic E-state index is 5.67. The Morgan fingerprint density at radius 1 is 1.25 bits per heavy atom. The summed E-state index contributed by atoms with van der Waals surface area (Å²) in [5, 5.41) is 0. The monoisotopic (exact) mass is 234 g/mol. The van der Waals surface area contributed by atoms with Crippen LogP contribution in [0.15, 0.2) is 30.5 Å². The van der Waals surface area contributed by atoms with Gasteiger partial charge in [0.05, 0.1) is 11.9 Å². The third-order valence-corrected chi connectivity index (χ3v) is 2.82. The minimum absolute atomic E-state index is 0.599. The fourth-order valence-electron chi connectivity index (χ4n) is 1.65. The number of hydrogen-bond acceptors (Lipinski definition) is 1. The van der Waals surface area contributed by atoms with Crippen LogP contribution >= 0.6 is 11.6 Å². The van der Waals surface area contributed by atoms with Crippen LogP contribution in [0.25, 0.3) is 11.3 Å². The molecule has 1 aromatic carbocycles.